The van der Waals surface area contributed by atoms with Crippen molar-refractivity contribution < 1.29 is 47.2 Å². The summed E-state index contributed by atoms with van der Waals surface area (Å²) in [6.45, 7) is 13.9. The van der Waals surface area contributed by atoms with Crippen LogP contribution in [0.15, 0.2) is 63.6 Å². The monoisotopic (exact) mass is 770 g/mol. The van der Waals surface area contributed by atoms with Gasteiger partial charge in [-0.15, -0.1) is 0 Å². The highest BCUT2D eigenvalue weighted by Crippen LogP contribution is 2.50. The van der Waals surface area contributed by atoms with Crippen molar-refractivity contribution in [2.75, 3.05) is 12.4 Å². The number of methoxy groups -OCH3 is 1. The first-order valence-electron chi connectivity index (χ1n) is 18.7. The average Bonchev–Trinajstić information content (AvgIpc) is 3.40. The van der Waals surface area contributed by atoms with E-state index in [9.17, 15) is 24.3 Å². The summed E-state index contributed by atoms with van der Waals surface area (Å²) in [6, 6.07) is 4.03. The van der Waals surface area contributed by atoms with Crippen LogP contribution in [-0.4, -0.2) is 52.9 Å². The van der Waals surface area contributed by atoms with Gasteiger partial charge in [0.2, 0.25) is 5.43 Å². The second kappa shape index (κ2) is 15.5. The number of nitrogens with one attached hydrogen (secondary N) is 1. The summed E-state index contributed by atoms with van der Waals surface area (Å²) in [5.41, 5.74) is -1.47. The number of benzene rings is 3. The molecule has 0 spiro atoms. The van der Waals surface area contributed by atoms with Crippen LogP contribution in [0.2, 0.25) is 0 Å². The zero-order valence-corrected chi connectivity index (χ0v) is 32.9. The highest BCUT2D eigenvalue weighted by atomic mass is 19.1. The van der Waals surface area contributed by atoms with Gasteiger partial charge in [-0.2, -0.15) is 0 Å². The lowest BCUT2D eigenvalue weighted by molar-refractivity contribution is -0.155. The molecule has 12 nitrogen and oxygen atoms in total. The van der Waals surface area contributed by atoms with Crippen LogP contribution in [0.25, 0.3) is 33.3 Å². The smallest absolute Gasteiger partial charge is 0.312 e. The SMILES string of the molecule is CO[C@H]1/C=C/O[C@@]2(C)Oc3c(C)c(O)c4c(=O)c(c5oc6cccc(F)c6nc-5c4c3C2=O)NC(=O)/C(C)=C\C=C\[C@H](C)C[C@@H](C)C[C@@H](C)[C@H](OC(C)=O)[C@@H]1C. The Labute approximate surface area is 323 Å². The van der Waals surface area contributed by atoms with Gasteiger partial charge < -0.3 is 33.8 Å². The lowest BCUT2D eigenvalue weighted by atomic mass is 9.82. The van der Waals surface area contributed by atoms with Crippen LogP contribution in [0, 0.1) is 36.4 Å². The number of halogens is 1. The number of esters is 1. The Balaban J connectivity index is 1.57. The van der Waals surface area contributed by atoms with Crippen LogP contribution >= 0.6 is 0 Å². The van der Waals surface area contributed by atoms with E-state index in [0.29, 0.717) is 0 Å². The summed E-state index contributed by atoms with van der Waals surface area (Å²) in [5, 5.41) is 13.7. The number of phenolic OH excluding ortho intramolecular Hbond substituents is 1. The number of phenols is 1. The molecule has 13 heteroatoms. The van der Waals surface area contributed by atoms with Crippen LogP contribution in [0.5, 0.6) is 11.5 Å². The maximum Gasteiger partial charge on any atom is 0.312 e. The number of carbonyl (C=O) groups is 3. The first-order valence-corrected chi connectivity index (χ1v) is 18.7. The molecule has 0 saturated carbocycles. The van der Waals surface area contributed by atoms with Gasteiger partial charge in [0.25, 0.3) is 11.7 Å². The number of para-hydroxylation sites is 1. The Morgan fingerprint density at radius 3 is 2.50 bits per heavy atom. The number of allylic oxidation sites excluding steroid dienone is 3. The molecular formula is C43H47FN2O10. The van der Waals surface area contributed by atoms with E-state index >= 15 is 4.39 Å². The number of aromatic nitrogens is 1. The largest absolute Gasteiger partial charge is 0.507 e. The Bertz CT molecular complexity index is 2360. The predicted octanol–water partition coefficient (Wildman–Crippen LogP) is 8.15. The average molecular weight is 771 g/mol. The van der Waals surface area contributed by atoms with Crippen molar-refractivity contribution in [3.63, 3.8) is 0 Å². The highest BCUT2D eigenvalue weighted by Gasteiger charge is 2.50. The fraction of sp³-hybridized carbons (Fsp3) is 0.419. The number of ether oxygens (including phenoxy) is 4. The number of hydrogen-bond acceptors (Lipinski definition) is 11. The lowest BCUT2D eigenvalue weighted by Gasteiger charge is -2.33. The first-order chi connectivity index (χ1) is 26.5. The number of Topliss-reactive ketones (excluding diaryl/α,β-unsaturated/α-hetero) is 1. The molecule has 3 aliphatic heterocycles. The van der Waals surface area contributed by atoms with E-state index in [1.807, 2.05) is 19.9 Å². The summed E-state index contributed by atoms with van der Waals surface area (Å²) in [5.74, 6) is -5.43. The van der Waals surface area contributed by atoms with Gasteiger partial charge in [0.1, 0.15) is 34.5 Å². The van der Waals surface area contributed by atoms with Gasteiger partial charge in [0, 0.05) is 43.4 Å². The quantitative estimate of drug-likeness (QED) is 0.115. The van der Waals surface area contributed by atoms with E-state index in [-0.39, 0.29) is 85.1 Å². The molecular weight excluding hydrogens is 723 g/mol. The van der Waals surface area contributed by atoms with Crippen LogP contribution in [-0.2, 0) is 23.8 Å². The Hall–Kier alpha value is -5.56. The molecule has 0 aromatic heterocycles. The second-order valence-corrected chi connectivity index (χ2v) is 15.3. The van der Waals surface area contributed by atoms with E-state index in [1.165, 1.54) is 52.3 Å². The van der Waals surface area contributed by atoms with Gasteiger partial charge in [0.15, 0.2) is 17.2 Å². The first kappa shape index (κ1) is 40.1. The minimum absolute atomic E-state index is 0.0283. The molecule has 0 saturated heterocycles. The normalized spacial score (nSPS) is 28.4. The maximum absolute atomic E-state index is 15.2. The number of anilines is 1. The fourth-order valence-electron chi connectivity index (χ4n) is 7.97. The van der Waals surface area contributed by atoms with Crippen molar-refractivity contribution in [3.8, 4) is 23.0 Å². The predicted molar refractivity (Wildman–Crippen MR) is 208 cm³/mol. The molecule has 56 heavy (non-hydrogen) atoms. The van der Waals surface area contributed by atoms with Crippen molar-refractivity contribution in [3.05, 3.63) is 81.5 Å². The molecule has 1 aliphatic carbocycles. The number of nitrogens with zero attached hydrogens (tertiary/aromatic N) is 1. The summed E-state index contributed by atoms with van der Waals surface area (Å²) in [4.78, 5) is 59.4. The van der Waals surface area contributed by atoms with Gasteiger partial charge in [-0.25, -0.2) is 9.37 Å². The summed E-state index contributed by atoms with van der Waals surface area (Å²) in [6.07, 6.45) is 8.66. The van der Waals surface area contributed by atoms with Gasteiger partial charge in [-0.05, 0) is 62.7 Å². The van der Waals surface area contributed by atoms with Crippen molar-refractivity contribution in [2.24, 2.45) is 23.7 Å². The zero-order chi connectivity index (χ0) is 40.8. The third-order valence-corrected chi connectivity index (χ3v) is 10.8. The van der Waals surface area contributed by atoms with Gasteiger partial charge in [-0.3, -0.25) is 19.2 Å². The molecule has 4 bridgehead atoms. The van der Waals surface area contributed by atoms with E-state index in [0.717, 1.165) is 12.8 Å². The van der Waals surface area contributed by atoms with E-state index in [4.69, 9.17) is 23.4 Å². The number of fused-ring (bicyclic) bond motifs is 2. The van der Waals surface area contributed by atoms with Crippen LogP contribution < -0.4 is 15.5 Å². The lowest BCUT2D eigenvalue weighted by Crippen LogP contribution is -2.39. The molecule has 6 rings (SSSR count). The van der Waals surface area contributed by atoms with Crippen LogP contribution in [0.1, 0.15) is 77.2 Å². The number of hydrogen-bond donors (Lipinski definition) is 2. The maximum atomic E-state index is 15.2. The molecule has 7 atom stereocenters. The molecule has 4 aliphatic rings. The van der Waals surface area contributed by atoms with E-state index in [2.05, 4.69) is 24.1 Å². The van der Waals surface area contributed by atoms with Crippen molar-refractivity contribution in [1.82, 2.24) is 4.98 Å². The van der Waals surface area contributed by atoms with Crippen molar-refractivity contribution in [2.45, 2.75) is 86.2 Å². The minimum Gasteiger partial charge on any atom is -0.507 e. The molecule has 3 heterocycles. The number of carbonyl (C=O) groups excluding carboxylic acids is 3. The Kier molecular flexibility index (Phi) is 11.1. The number of aromatic hydroxyl groups is 1. The molecule has 296 valence electrons. The van der Waals surface area contributed by atoms with Crippen LogP contribution in [0.4, 0.5) is 10.1 Å². The van der Waals surface area contributed by atoms with E-state index < -0.39 is 52.7 Å². The van der Waals surface area contributed by atoms with Crippen molar-refractivity contribution in [1.29, 1.82) is 0 Å². The second-order valence-electron chi connectivity index (χ2n) is 15.3. The molecule has 2 N–H and O–H groups in total. The number of ketones is 1. The molecule has 2 aromatic carbocycles. The van der Waals surface area contributed by atoms with E-state index in [1.54, 1.807) is 25.2 Å². The third-order valence-electron chi connectivity index (χ3n) is 10.8. The molecule has 0 unspecified atom stereocenters. The summed E-state index contributed by atoms with van der Waals surface area (Å²) < 4.78 is 45.2. The third kappa shape index (κ3) is 7.27. The van der Waals surface area contributed by atoms with Crippen LogP contribution in [0.3, 0.4) is 0 Å². The molecule has 1 amide bonds. The summed E-state index contributed by atoms with van der Waals surface area (Å²) in [7, 11) is 1.52. The van der Waals surface area contributed by atoms with Gasteiger partial charge in [-0.1, -0.05) is 52.0 Å². The summed E-state index contributed by atoms with van der Waals surface area (Å²) >= 11 is 0. The fourth-order valence-corrected chi connectivity index (χ4v) is 7.97. The molecule has 2 aromatic rings. The number of amides is 1. The zero-order valence-electron chi connectivity index (χ0n) is 32.9. The Morgan fingerprint density at radius 1 is 1.07 bits per heavy atom. The molecule has 0 fully saturated rings. The highest BCUT2D eigenvalue weighted by molar-refractivity contribution is 6.22. The minimum atomic E-state index is -2.01. The molecule has 0 radical (unpaired) electrons. The topological polar surface area (TPSA) is 163 Å². The number of rotatable bonds is 2. The van der Waals surface area contributed by atoms with Crippen molar-refractivity contribution >= 4 is 45.2 Å². The van der Waals surface area contributed by atoms with Gasteiger partial charge >= 0.3 is 11.8 Å². The standard InChI is InChI=1S/C43H47FN2O10/c1-20-12-10-13-22(3)42(51)46-35-37(49)31-30(34-40(35)55-29-15-11-14-27(44)33(29)45-34)32-39(25(6)36(31)48)56-43(8,41(32)50)53-17-16-28(52-9)24(5)38(54-26(7)47)23(4)19-21(2)18-20/h10-17,20-21,23-24,28,38,48H,18-19H2,1-9H3,(H,46,51)/b12-10+,17-16+,22-13-/t20-,21+,23+,24+,28-,38-,43-/m0/s1. The van der Waals surface area contributed by atoms with Gasteiger partial charge in [0.05, 0.1) is 23.3 Å². The Morgan fingerprint density at radius 2 is 1.80 bits per heavy atom.